The molecule has 0 radical (unpaired) electrons. The number of benzene rings is 2. The minimum atomic E-state index is -0.506. The van der Waals surface area contributed by atoms with Gasteiger partial charge in [-0.2, -0.15) is 5.26 Å². The summed E-state index contributed by atoms with van der Waals surface area (Å²) in [5.74, 6) is -0.506. The number of rotatable bonds is 4. The Bertz CT molecular complexity index is 884. The summed E-state index contributed by atoms with van der Waals surface area (Å²) < 4.78 is 0. The molecule has 2 amide bonds. The Labute approximate surface area is 175 Å². The molecule has 0 aromatic heterocycles. The molecule has 1 saturated carbocycles. The van der Waals surface area contributed by atoms with E-state index < -0.39 is 5.92 Å². The third kappa shape index (κ3) is 4.98. The minimum Gasteiger partial charge on any atom is -0.335 e. The zero-order chi connectivity index (χ0) is 20.1. The number of hydrogen-bond acceptors (Lipinski definition) is 2. The van der Waals surface area contributed by atoms with Gasteiger partial charge in [0, 0.05) is 21.8 Å². The highest BCUT2D eigenvalue weighted by Gasteiger charge is 2.20. The normalized spacial score (nSPS) is 15.5. The lowest BCUT2D eigenvalue weighted by Gasteiger charge is -2.23. The van der Waals surface area contributed by atoms with E-state index in [0.29, 0.717) is 21.3 Å². The van der Waals surface area contributed by atoms with Crippen molar-refractivity contribution in [3.05, 3.63) is 63.1 Å². The van der Waals surface area contributed by atoms with Gasteiger partial charge in [0.25, 0.3) is 0 Å². The van der Waals surface area contributed by atoms with Crippen LogP contribution in [0.25, 0.3) is 0 Å². The van der Waals surface area contributed by atoms with Crippen molar-refractivity contribution in [2.24, 2.45) is 0 Å². The van der Waals surface area contributed by atoms with Gasteiger partial charge in [-0.15, -0.1) is 0 Å². The Morgan fingerprint density at radius 1 is 1.14 bits per heavy atom. The van der Waals surface area contributed by atoms with Crippen LogP contribution >= 0.6 is 23.2 Å². The SMILES string of the molecule is Cc1cc([C@H](C#N)c2ccc(Cl)cc2)c(Cl)cc1NC(=O)NC1CCCCC1. The zero-order valence-corrected chi connectivity index (χ0v) is 17.3. The van der Waals surface area contributed by atoms with E-state index in [-0.39, 0.29) is 12.1 Å². The molecule has 2 aromatic carbocycles. The van der Waals surface area contributed by atoms with Crippen LogP contribution in [0.1, 0.15) is 54.7 Å². The van der Waals surface area contributed by atoms with Crippen molar-refractivity contribution in [3.8, 4) is 6.07 Å². The van der Waals surface area contributed by atoms with Crippen LogP contribution in [0.3, 0.4) is 0 Å². The summed E-state index contributed by atoms with van der Waals surface area (Å²) in [6.45, 7) is 1.90. The molecular weight excluding hydrogens is 393 g/mol. The first-order valence-electron chi connectivity index (χ1n) is 9.50. The van der Waals surface area contributed by atoms with E-state index in [1.165, 1.54) is 6.42 Å². The van der Waals surface area contributed by atoms with Gasteiger partial charge < -0.3 is 10.6 Å². The Morgan fingerprint density at radius 3 is 2.46 bits per heavy atom. The minimum absolute atomic E-state index is 0.214. The third-order valence-corrected chi connectivity index (χ3v) is 5.76. The van der Waals surface area contributed by atoms with Gasteiger partial charge in [0.15, 0.2) is 0 Å². The summed E-state index contributed by atoms with van der Waals surface area (Å²) in [4.78, 5) is 12.3. The van der Waals surface area contributed by atoms with Gasteiger partial charge in [0.1, 0.15) is 0 Å². The number of nitrogens with zero attached hydrogens (tertiary/aromatic N) is 1. The number of amides is 2. The molecule has 2 N–H and O–H groups in total. The van der Waals surface area contributed by atoms with E-state index in [2.05, 4.69) is 16.7 Å². The smallest absolute Gasteiger partial charge is 0.319 e. The lowest BCUT2D eigenvalue weighted by atomic mass is 9.91. The molecular formula is C22H23Cl2N3O. The van der Waals surface area contributed by atoms with Gasteiger partial charge in [-0.1, -0.05) is 60.7 Å². The fourth-order valence-electron chi connectivity index (χ4n) is 3.63. The average Bonchev–Trinajstić information content (AvgIpc) is 2.68. The van der Waals surface area contributed by atoms with E-state index in [9.17, 15) is 10.1 Å². The number of nitriles is 1. The quantitative estimate of drug-likeness (QED) is 0.605. The fourth-order valence-corrected chi connectivity index (χ4v) is 4.03. The number of halogens is 2. The standard InChI is InChI=1S/C22H23Cl2N3O/c1-14-11-18(19(13-25)15-7-9-16(23)10-8-15)20(24)12-21(14)27-22(28)26-17-5-3-2-4-6-17/h7-12,17,19H,2-6H2,1H3,(H2,26,27,28)/t19-/m1/s1. The summed E-state index contributed by atoms with van der Waals surface area (Å²) in [6, 6.07) is 13.1. The van der Waals surface area contributed by atoms with Gasteiger partial charge in [-0.3, -0.25) is 0 Å². The second-order valence-electron chi connectivity index (χ2n) is 7.24. The molecule has 4 nitrogen and oxygen atoms in total. The van der Waals surface area contributed by atoms with Crippen LogP contribution in [-0.2, 0) is 0 Å². The first-order chi connectivity index (χ1) is 13.5. The maximum absolute atomic E-state index is 12.3. The summed E-state index contributed by atoms with van der Waals surface area (Å²) in [6.07, 6.45) is 5.60. The molecule has 0 heterocycles. The van der Waals surface area contributed by atoms with Crippen molar-refractivity contribution in [1.82, 2.24) is 5.32 Å². The van der Waals surface area contributed by atoms with E-state index in [1.807, 2.05) is 25.1 Å². The summed E-state index contributed by atoms with van der Waals surface area (Å²) in [5.41, 5.74) is 3.04. The third-order valence-electron chi connectivity index (χ3n) is 5.18. The van der Waals surface area contributed by atoms with Gasteiger partial charge in [0.2, 0.25) is 0 Å². The van der Waals surface area contributed by atoms with Gasteiger partial charge in [-0.05, 0) is 54.7 Å². The van der Waals surface area contributed by atoms with Crippen LogP contribution in [0.15, 0.2) is 36.4 Å². The number of anilines is 1. The predicted molar refractivity (Wildman–Crippen MR) is 114 cm³/mol. The summed E-state index contributed by atoms with van der Waals surface area (Å²) >= 11 is 12.4. The van der Waals surface area contributed by atoms with E-state index >= 15 is 0 Å². The number of nitrogens with one attached hydrogen (secondary N) is 2. The van der Waals surface area contributed by atoms with Gasteiger partial charge in [0.05, 0.1) is 12.0 Å². The van der Waals surface area contributed by atoms with Crippen molar-refractivity contribution in [1.29, 1.82) is 5.26 Å². The topological polar surface area (TPSA) is 64.9 Å². The Morgan fingerprint density at radius 2 is 1.82 bits per heavy atom. The summed E-state index contributed by atoms with van der Waals surface area (Å²) in [5, 5.41) is 16.7. The van der Waals surface area contributed by atoms with Crippen molar-refractivity contribution in [2.75, 3.05) is 5.32 Å². The van der Waals surface area contributed by atoms with Crippen molar-refractivity contribution in [3.63, 3.8) is 0 Å². The van der Waals surface area contributed by atoms with Crippen LogP contribution in [0.4, 0.5) is 10.5 Å². The van der Waals surface area contributed by atoms with Crippen molar-refractivity contribution < 1.29 is 4.79 Å². The molecule has 0 aliphatic heterocycles. The number of hydrogen-bond donors (Lipinski definition) is 2. The molecule has 2 aromatic rings. The fraction of sp³-hybridized carbons (Fsp3) is 0.364. The van der Waals surface area contributed by atoms with E-state index in [1.54, 1.807) is 18.2 Å². The second-order valence-corrected chi connectivity index (χ2v) is 8.08. The maximum atomic E-state index is 12.3. The highest BCUT2D eigenvalue weighted by Crippen LogP contribution is 2.34. The monoisotopic (exact) mass is 415 g/mol. The first kappa shape index (κ1) is 20.5. The summed E-state index contributed by atoms with van der Waals surface area (Å²) in [7, 11) is 0. The van der Waals surface area contributed by atoms with Crippen molar-refractivity contribution in [2.45, 2.75) is 51.0 Å². The first-order valence-corrected chi connectivity index (χ1v) is 10.3. The molecule has 1 fully saturated rings. The van der Waals surface area contributed by atoms with Gasteiger partial charge in [-0.25, -0.2) is 4.79 Å². The molecule has 1 atom stereocenters. The van der Waals surface area contributed by atoms with Crippen LogP contribution in [0.5, 0.6) is 0 Å². The number of carbonyl (C=O) groups is 1. The molecule has 146 valence electrons. The molecule has 0 saturated heterocycles. The van der Waals surface area contributed by atoms with E-state index in [0.717, 1.165) is 36.8 Å². The van der Waals surface area contributed by atoms with Crippen LogP contribution < -0.4 is 10.6 Å². The predicted octanol–water partition coefficient (Wildman–Crippen LogP) is 6.41. The largest absolute Gasteiger partial charge is 0.335 e. The molecule has 6 heteroatoms. The van der Waals surface area contributed by atoms with Crippen LogP contribution in [0.2, 0.25) is 10.0 Å². The number of carbonyl (C=O) groups excluding carboxylic acids is 1. The molecule has 0 spiro atoms. The molecule has 0 bridgehead atoms. The van der Waals surface area contributed by atoms with Crippen LogP contribution in [-0.4, -0.2) is 12.1 Å². The molecule has 28 heavy (non-hydrogen) atoms. The number of urea groups is 1. The number of aryl methyl sites for hydroxylation is 1. The average molecular weight is 416 g/mol. The highest BCUT2D eigenvalue weighted by atomic mass is 35.5. The maximum Gasteiger partial charge on any atom is 0.319 e. The second kappa shape index (κ2) is 9.32. The highest BCUT2D eigenvalue weighted by molar-refractivity contribution is 6.32. The lowest BCUT2D eigenvalue weighted by molar-refractivity contribution is 0.244. The molecule has 0 unspecified atom stereocenters. The molecule has 1 aliphatic rings. The van der Waals surface area contributed by atoms with Crippen LogP contribution in [0, 0.1) is 18.3 Å². The Balaban J connectivity index is 1.77. The van der Waals surface area contributed by atoms with Gasteiger partial charge >= 0.3 is 6.03 Å². The Hall–Kier alpha value is -2.22. The molecule has 3 rings (SSSR count). The Kier molecular flexibility index (Phi) is 6.83. The molecule has 1 aliphatic carbocycles. The van der Waals surface area contributed by atoms with E-state index in [4.69, 9.17) is 23.2 Å². The van der Waals surface area contributed by atoms with Crippen molar-refractivity contribution >= 4 is 34.9 Å². The zero-order valence-electron chi connectivity index (χ0n) is 15.8. The lowest BCUT2D eigenvalue weighted by Crippen LogP contribution is -2.39.